The van der Waals surface area contributed by atoms with Crippen LogP contribution in [-0.2, 0) is 6.18 Å². The molecule has 0 radical (unpaired) electrons. The van der Waals surface area contributed by atoms with Gasteiger partial charge < -0.3 is 14.6 Å². The molecule has 0 saturated carbocycles. The van der Waals surface area contributed by atoms with Crippen LogP contribution in [0.15, 0.2) is 53.3 Å². The van der Waals surface area contributed by atoms with Crippen LogP contribution in [0.1, 0.15) is 45.0 Å². The lowest BCUT2D eigenvalue weighted by molar-refractivity contribution is -0.141. The number of rotatable bonds is 4. The summed E-state index contributed by atoms with van der Waals surface area (Å²) < 4.78 is 44.5. The molecule has 3 aromatic rings. The van der Waals surface area contributed by atoms with Crippen molar-refractivity contribution in [1.82, 2.24) is 20.0 Å². The van der Waals surface area contributed by atoms with Crippen molar-refractivity contribution in [2.45, 2.75) is 32.0 Å². The Kier molecular flexibility index (Phi) is 5.77. The van der Waals surface area contributed by atoms with E-state index in [1.807, 2.05) is 0 Å². The maximum Gasteiger partial charge on any atom is 0.435 e. The second kappa shape index (κ2) is 8.52. The van der Waals surface area contributed by atoms with E-state index in [2.05, 4.69) is 10.4 Å². The summed E-state index contributed by atoms with van der Waals surface area (Å²) in [5.74, 6) is -0.136. The summed E-state index contributed by atoms with van der Waals surface area (Å²) in [6.45, 7) is 2.76. The van der Waals surface area contributed by atoms with Crippen molar-refractivity contribution in [3.63, 3.8) is 0 Å². The number of benzene rings is 1. The first-order valence-electron chi connectivity index (χ1n) is 10.1. The Morgan fingerprint density at radius 3 is 2.34 bits per heavy atom. The van der Waals surface area contributed by atoms with Crippen LogP contribution in [0.3, 0.4) is 0 Å². The van der Waals surface area contributed by atoms with Crippen molar-refractivity contribution >= 4 is 11.8 Å². The van der Waals surface area contributed by atoms with E-state index in [4.69, 9.17) is 4.42 Å². The fourth-order valence-corrected chi connectivity index (χ4v) is 3.64. The van der Waals surface area contributed by atoms with Gasteiger partial charge in [0, 0.05) is 36.5 Å². The standard InChI is InChI=1S/C22H21F3N4O3/c1-14-9-13-32-19(14)20(30)26-16-6-10-28(11-7-16)21(31)15-2-4-17(5-3-15)29-12-8-18(27-29)22(23,24)25/h2-5,8-9,12-13,16H,6-7,10-11H2,1H3,(H,26,30). The van der Waals surface area contributed by atoms with E-state index >= 15 is 0 Å². The number of aromatic nitrogens is 2. The van der Waals surface area contributed by atoms with Crippen LogP contribution in [0.5, 0.6) is 0 Å². The predicted molar refractivity (Wildman–Crippen MR) is 108 cm³/mol. The first-order valence-corrected chi connectivity index (χ1v) is 10.1. The SMILES string of the molecule is Cc1ccoc1C(=O)NC1CCN(C(=O)c2ccc(-n3ccc(C(F)(F)F)n3)cc2)CC1. The summed E-state index contributed by atoms with van der Waals surface area (Å²) in [4.78, 5) is 26.8. The molecule has 0 bridgehead atoms. The smallest absolute Gasteiger partial charge is 0.435 e. The average Bonchev–Trinajstić information content (AvgIpc) is 3.43. The van der Waals surface area contributed by atoms with Crippen molar-refractivity contribution < 1.29 is 27.2 Å². The number of amides is 2. The Labute approximate surface area is 181 Å². The van der Waals surface area contributed by atoms with Crippen molar-refractivity contribution in [3.05, 3.63) is 71.4 Å². The van der Waals surface area contributed by atoms with Gasteiger partial charge in [-0.05, 0) is 56.2 Å². The summed E-state index contributed by atoms with van der Waals surface area (Å²) in [6.07, 6.45) is -0.587. The summed E-state index contributed by atoms with van der Waals surface area (Å²) >= 11 is 0. The van der Waals surface area contributed by atoms with Crippen LogP contribution in [0, 0.1) is 6.92 Å². The molecule has 4 rings (SSSR count). The van der Waals surface area contributed by atoms with Gasteiger partial charge in [-0.2, -0.15) is 18.3 Å². The minimum absolute atomic E-state index is 0.0546. The number of aryl methyl sites for hydroxylation is 1. The van der Waals surface area contributed by atoms with Crippen molar-refractivity contribution in [2.24, 2.45) is 0 Å². The minimum atomic E-state index is -4.51. The van der Waals surface area contributed by atoms with Gasteiger partial charge in [0.1, 0.15) is 0 Å². The first kappa shape index (κ1) is 21.7. The van der Waals surface area contributed by atoms with Gasteiger partial charge in [0.05, 0.1) is 12.0 Å². The van der Waals surface area contributed by atoms with Crippen molar-refractivity contribution in [3.8, 4) is 5.69 Å². The molecule has 7 nitrogen and oxygen atoms in total. The van der Waals surface area contributed by atoms with Crippen molar-refractivity contribution in [2.75, 3.05) is 13.1 Å². The monoisotopic (exact) mass is 446 g/mol. The molecule has 0 atom stereocenters. The number of hydrogen-bond donors (Lipinski definition) is 1. The summed E-state index contributed by atoms with van der Waals surface area (Å²) in [6, 6.07) is 8.82. The zero-order valence-corrected chi connectivity index (χ0v) is 17.2. The Hall–Kier alpha value is -3.56. The number of piperidine rings is 1. The van der Waals surface area contributed by atoms with Crippen LogP contribution in [0.2, 0.25) is 0 Å². The highest BCUT2D eigenvalue weighted by Gasteiger charge is 2.33. The van der Waals surface area contributed by atoms with Gasteiger partial charge in [-0.1, -0.05) is 0 Å². The Morgan fingerprint density at radius 1 is 1.09 bits per heavy atom. The molecule has 2 amide bonds. The lowest BCUT2D eigenvalue weighted by Crippen LogP contribution is -2.46. The number of likely N-dealkylation sites (tertiary alicyclic amines) is 1. The summed E-state index contributed by atoms with van der Waals surface area (Å²) in [5.41, 5.74) is 0.649. The molecule has 1 N–H and O–H groups in total. The maximum atomic E-state index is 12.8. The number of nitrogens with zero attached hydrogens (tertiary/aromatic N) is 3. The highest BCUT2D eigenvalue weighted by Crippen LogP contribution is 2.28. The topological polar surface area (TPSA) is 80.4 Å². The number of alkyl halides is 3. The van der Waals surface area contributed by atoms with Gasteiger partial charge in [-0.15, -0.1) is 0 Å². The lowest BCUT2D eigenvalue weighted by Gasteiger charge is -2.32. The Morgan fingerprint density at radius 2 is 1.78 bits per heavy atom. The van der Waals surface area contributed by atoms with E-state index in [-0.39, 0.29) is 17.9 Å². The van der Waals surface area contributed by atoms with Gasteiger partial charge in [0.25, 0.3) is 11.8 Å². The van der Waals surface area contributed by atoms with E-state index in [1.165, 1.54) is 12.5 Å². The molecule has 1 aliphatic rings. The van der Waals surface area contributed by atoms with Gasteiger partial charge in [-0.3, -0.25) is 9.59 Å². The normalized spacial score (nSPS) is 15.1. The molecule has 168 valence electrons. The molecule has 10 heteroatoms. The molecule has 1 saturated heterocycles. The highest BCUT2D eigenvalue weighted by atomic mass is 19.4. The van der Waals surface area contributed by atoms with Gasteiger partial charge >= 0.3 is 6.18 Å². The van der Waals surface area contributed by atoms with E-state index in [0.717, 1.165) is 16.3 Å². The van der Waals surface area contributed by atoms with E-state index < -0.39 is 11.9 Å². The molecule has 0 aliphatic carbocycles. The Bertz CT molecular complexity index is 1110. The number of furan rings is 1. The third-order valence-corrected chi connectivity index (χ3v) is 5.44. The lowest BCUT2D eigenvalue weighted by atomic mass is 10.0. The maximum absolute atomic E-state index is 12.8. The summed E-state index contributed by atoms with van der Waals surface area (Å²) in [7, 11) is 0. The van der Waals surface area contributed by atoms with E-state index in [1.54, 1.807) is 42.2 Å². The van der Waals surface area contributed by atoms with Gasteiger partial charge in [0.2, 0.25) is 0 Å². The number of carbonyl (C=O) groups is 2. The van der Waals surface area contributed by atoms with Crippen LogP contribution < -0.4 is 5.32 Å². The average molecular weight is 446 g/mol. The van der Waals surface area contributed by atoms with Crippen molar-refractivity contribution in [1.29, 1.82) is 0 Å². The number of hydrogen-bond acceptors (Lipinski definition) is 4. The molecule has 0 unspecified atom stereocenters. The third-order valence-electron chi connectivity index (χ3n) is 5.44. The van der Waals surface area contributed by atoms with Gasteiger partial charge in [0.15, 0.2) is 11.5 Å². The first-order chi connectivity index (χ1) is 15.2. The second-order valence-corrected chi connectivity index (χ2v) is 7.66. The predicted octanol–water partition coefficient (Wildman–Crippen LogP) is 3.83. The summed E-state index contributed by atoms with van der Waals surface area (Å²) in [5, 5.41) is 6.47. The van der Waals surface area contributed by atoms with Crippen LogP contribution in [-0.4, -0.2) is 45.6 Å². The van der Waals surface area contributed by atoms with Crippen LogP contribution in [0.25, 0.3) is 5.69 Å². The quantitative estimate of drug-likeness (QED) is 0.661. The molecular formula is C22H21F3N4O3. The molecule has 2 aromatic heterocycles. The van der Waals surface area contributed by atoms with E-state index in [9.17, 15) is 22.8 Å². The second-order valence-electron chi connectivity index (χ2n) is 7.66. The van der Waals surface area contributed by atoms with E-state index in [0.29, 0.717) is 42.9 Å². The molecule has 1 aliphatic heterocycles. The molecule has 1 fully saturated rings. The fraction of sp³-hybridized carbons (Fsp3) is 0.318. The zero-order chi connectivity index (χ0) is 22.9. The van der Waals surface area contributed by atoms with Crippen LogP contribution >= 0.6 is 0 Å². The van der Waals surface area contributed by atoms with Crippen LogP contribution in [0.4, 0.5) is 13.2 Å². The minimum Gasteiger partial charge on any atom is -0.459 e. The zero-order valence-electron chi connectivity index (χ0n) is 17.2. The number of carbonyl (C=O) groups excluding carboxylic acids is 2. The molecule has 1 aromatic carbocycles. The fourth-order valence-electron chi connectivity index (χ4n) is 3.64. The number of halogens is 3. The molecule has 0 spiro atoms. The molecular weight excluding hydrogens is 425 g/mol. The largest absolute Gasteiger partial charge is 0.459 e. The molecule has 3 heterocycles. The Balaban J connectivity index is 1.34. The third kappa shape index (κ3) is 4.53. The highest BCUT2D eigenvalue weighted by molar-refractivity contribution is 5.95. The van der Waals surface area contributed by atoms with Gasteiger partial charge in [-0.25, -0.2) is 4.68 Å². The molecule has 32 heavy (non-hydrogen) atoms. The number of nitrogens with one attached hydrogen (secondary N) is 1.